The third kappa shape index (κ3) is 2.68. The second-order valence-corrected chi connectivity index (χ2v) is 6.24. The minimum absolute atomic E-state index is 0.111. The van der Waals surface area contributed by atoms with Gasteiger partial charge in [-0.2, -0.15) is 0 Å². The van der Waals surface area contributed by atoms with Crippen LogP contribution in [0.15, 0.2) is 0 Å². The molecule has 0 aromatic carbocycles. The van der Waals surface area contributed by atoms with E-state index in [0.29, 0.717) is 12.8 Å². The first kappa shape index (κ1) is 11.0. The molecule has 0 aliphatic heterocycles. The van der Waals surface area contributed by atoms with Gasteiger partial charge in [0, 0.05) is 0 Å². The monoisotopic (exact) mass is 186 g/mol. The van der Waals surface area contributed by atoms with Crippen molar-refractivity contribution in [2.75, 3.05) is 6.61 Å². The van der Waals surface area contributed by atoms with Crippen molar-refractivity contribution in [2.24, 2.45) is 10.8 Å². The highest BCUT2D eigenvalue weighted by atomic mass is 16.3. The third-order valence-corrected chi connectivity index (χ3v) is 2.87. The molecular weight excluding hydrogens is 164 g/mol. The fraction of sp³-hybridized carbons (Fsp3) is 1.00. The first-order valence-corrected chi connectivity index (χ1v) is 5.01. The van der Waals surface area contributed by atoms with Crippen molar-refractivity contribution in [3.05, 3.63) is 0 Å². The Kier molecular flexibility index (Phi) is 2.50. The molecule has 78 valence electrons. The summed E-state index contributed by atoms with van der Waals surface area (Å²) in [4.78, 5) is 0. The Morgan fingerprint density at radius 2 is 1.31 bits per heavy atom. The number of rotatable bonds is 1. The van der Waals surface area contributed by atoms with E-state index in [4.69, 9.17) is 5.11 Å². The summed E-state index contributed by atoms with van der Waals surface area (Å²) >= 11 is 0. The summed E-state index contributed by atoms with van der Waals surface area (Å²) in [5, 5.41) is 19.3. The molecule has 1 saturated carbocycles. The van der Waals surface area contributed by atoms with E-state index < -0.39 is 5.60 Å². The van der Waals surface area contributed by atoms with Gasteiger partial charge in [0.15, 0.2) is 0 Å². The Hall–Kier alpha value is -0.0800. The molecular formula is C11H22O2. The van der Waals surface area contributed by atoms with Crippen molar-refractivity contribution < 1.29 is 10.2 Å². The summed E-state index contributed by atoms with van der Waals surface area (Å²) in [7, 11) is 0. The topological polar surface area (TPSA) is 40.5 Å². The van der Waals surface area contributed by atoms with Crippen molar-refractivity contribution in [2.45, 2.75) is 52.6 Å². The quantitative estimate of drug-likeness (QED) is 0.657. The van der Waals surface area contributed by atoms with Gasteiger partial charge in [0.2, 0.25) is 0 Å². The molecule has 0 aromatic rings. The smallest absolute Gasteiger partial charge is 0.0887 e. The lowest BCUT2D eigenvalue weighted by Gasteiger charge is -2.48. The predicted molar refractivity (Wildman–Crippen MR) is 53.4 cm³/mol. The molecule has 1 aliphatic rings. The van der Waals surface area contributed by atoms with Crippen molar-refractivity contribution in [1.82, 2.24) is 0 Å². The molecule has 13 heavy (non-hydrogen) atoms. The molecule has 2 N–H and O–H groups in total. The summed E-state index contributed by atoms with van der Waals surface area (Å²) < 4.78 is 0. The van der Waals surface area contributed by atoms with Crippen LogP contribution in [0.3, 0.4) is 0 Å². The van der Waals surface area contributed by atoms with Crippen LogP contribution < -0.4 is 0 Å². The molecule has 0 unspecified atom stereocenters. The van der Waals surface area contributed by atoms with Crippen molar-refractivity contribution in [1.29, 1.82) is 0 Å². The molecule has 0 atom stereocenters. The molecule has 2 heteroatoms. The summed E-state index contributed by atoms with van der Waals surface area (Å²) in [6.07, 6.45) is 2.53. The van der Waals surface area contributed by atoms with E-state index in [1.807, 2.05) is 0 Å². The van der Waals surface area contributed by atoms with Gasteiger partial charge in [0.1, 0.15) is 0 Å². The molecule has 2 nitrogen and oxygen atoms in total. The maximum absolute atomic E-state index is 10.1. The first-order valence-electron chi connectivity index (χ1n) is 5.01. The second-order valence-electron chi connectivity index (χ2n) is 6.24. The summed E-state index contributed by atoms with van der Waals surface area (Å²) in [5.41, 5.74) is -0.580. The normalized spacial score (nSPS) is 30.0. The molecule has 0 saturated heterocycles. The lowest BCUT2D eigenvalue weighted by molar-refractivity contribution is -0.112. The molecule has 0 aromatic heterocycles. The largest absolute Gasteiger partial charge is 0.393 e. The molecule has 0 heterocycles. The highest BCUT2D eigenvalue weighted by Gasteiger charge is 2.45. The van der Waals surface area contributed by atoms with Gasteiger partial charge in [-0.15, -0.1) is 0 Å². The molecule has 0 amide bonds. The Balaban J connectivity index is 2.84. The Bertz CT molecular complexity index is 178. The van der Waals surface area contributed by atoms with Gasteiger partial charge in [-0.25, -0.2) is 0 Å². The number of aliphatic hydroxyl groups is 2. The van der Waals surface area contributed by atoms with E-state index in [1.54, 1.807) is 0 Å². The number of hydrogen-bond acceptors (Lipinski definition) is 2. The van der Waals surface area contributed by atoms with Gasteiger partial charge in [0.25, 0.3) is 0 Å². The SMILES string of the molecule is CC1(C)CC(C)(C)CC(O)(CO)C1. The molecule has 0 bridgehead atoms. The molecule has 1 fully saturated rings. The van der Waals surface area contributed by atoms with Gasteiger partial charge >= 0.3 is 0 Å². The van der Waals surface area contributed by atoms with Crippen molar-refractivity contribution in [3.8, 4) is 0 Å². The van der Waals surface area contributed by atoms with E-state index >= 15 is 0 Å². The van der Waals surface area contributed by atoms with Crippen LogP contribution in [0.25, 0.3) is 0 Å². The minimum Gasteiger partial charge on any atom is -0.393 e. The zero-order valence-electron chi connectivity index (χ0n) is 9.22. The fourth-order valence-electron chi connectivity index (χ4n) is 3.38. The van der Waals surface area contributed by atoms with Crippen LogP contribution in [0.4, 0.5) is 0 Å². The van der Waals surface area contributed by atoms with Crippen LogP contribution in [0.5, 0.6) is 0 Å². The maximum Gasteiger partial charge on any atom is 0.0887 e. The highest BCUT2D eigenvalue weighted by molar-refractivity contribution is 4.97. The van der Waals surface area contributed by atoms with Crippen LogP contribution in [0.2, 0.25) is 0 Å². The van der Waals surface area contributed by atoms with Gasteiger partial charge in [0.05, 0.1) is 12.2 Å². The Morgan fingerprint density at radius 3 is 1.62 bits per heavy atom. The minimum atomic E-state index is -0.856. The van der Waals surface area contributed by atoms with Crippen LogP contribution in [0, 0.1) is 10.8 Å². The van der Waals surface area contributed by atoms with Gasteiger partial charge in [-0.3, -0.25) is 0 Å². The van der Waals surface area contributed by atoms with E-state index in [0.717, 1.165) is 6.42 Å². The van der Waals surface area contributed by atoms with Crippen LogP contribution >= 0.6 is 0 Å². The number of hydrogen-bond donors (Lipinski definition) is 2. The zero-order valence-corrected chi connectivity index (χ0v) is 9.22. The van der Waals surface area contributed by atoms with E-state index in [-0.39, 0.29) is 17.4 Å². The van der Waals surface area contributed by atoms with Crippen molar-refractivity contribution >= 4 is 0 Å². The second kappa shape index (κ2) is 2.96. The fourth-order valence-corrected chi connectivity index (χ4v) is 3.38. The van der Waals surface area contributed by atoms with Crippen molar-refractivity contribution in [3.63, 3.8) is 0 Å². The van der Waals surface area contributed by atoms with Crippen LogP contribution in [-0.2, 0) is 0 Å². The van der Waals surface area contributed by atoms with Crippen LogP contribution in [-0.4, -0.2) is 22.4 Å². The predicted octanol–water partition coefficient (Wildman–Crippen LogP) is 1.95. The van der Waals surface area contributed by atoms with Gasteiger partial charge < -0.3 is 10.2 Å². The average Bonchev–Trinajstić information content (AvgIpc) is 1.79. The lowest BCUT2D eigenvalue weighted by Crippen LogP contribution is -2.48. The standard InChI is InChI=1S/C11H22O2/c1-9(2)5-10(3,4)7-11(13,6-9)8-12/h12-13H,5-8H2,1-4H3. The van der Waals surface area contributed by atoms with Crippen LogP contribution in [0.1, 0.15) is 47.0 Å². The molecule has 0 radical (unpaired) electrons. The maximum atomic E-state index is 10.1. The number of aliphatic hydroxyl groups excluding tert-OH is 1. The summed E-state index contributed by atoms with van der Waals surface area (Å²) in [6.45, 7) is 8.53. The zero-order chi connectivity index (χ0) is 10.3. The Morgan fingerprint density at radius 1 is 0.923 bits per heavy atom. The van der Waals surface area contributed by atoms with Gasteiger partial charge in [-0.1, -0.05) is 27.7 Å². The van der Waals surface area contributed by atoms with E-state index in [1.165, 1.54) is 0 Å². The van der Waals surface area contributed by atoms with E-state index in [2.05, 4.69) is 27.7 Å². The summed E-state index contributed by atoms with van der Waals surface area (Å²) in [5.74, 6) is 0. The molecule has 0 spiro atoms. The van der Waals surface area contributed by atoms with Gasteiger partial charge in [-0.05, 0) is 30.1 Å². The lowest BCUT2D eigenvalue weighted by atomic mass is 9.60. The Labute approximate surface area is 81.0 Å². The van der Waals surface area contributed by atoms with E-state index in [9.17, 15) is 5.11 Å². The average molecular weight is 186 g/mol. The third-order valence-electron chi connectivity index (χ3n) is 2.87. The molecule has 1 rings (SSSR count). The highest BCUT2D eigenvalue weighted by Crippen LogP contribution is 2.49. The molecule has 1 aliphatic carbocycles. The first-order chi connectivity index (χ1) is 5.68. The summed E-state index contributed by atoms with van der Waals surface area (Å²) in [6, 6.07) is 0.